The van der Waals surface area contributed by atoms with Gasteiger partial charge in [-0.2, -0.15) is 0 Å². The average molecular weight is 297 g/mol. The first-order valence-corrected chi connectivity index (χ1v) is 7.12. The maximum atomic E-state index is 13.6. The Kier molecular flexibility index (Phi) is 7.11. The highest BCUT2D eigenvalue weighted by Gasteiger charge is 2.18. The Morgan fingerprint density at radius 1 is 1.43 bits per heavy atom. The van der Waals surface area contributed by atoms with Gasteiger partial charge < -0.3 is 16.2 Å². The molecule has 0 saturated heterocycles. The smallest absolute Gasteiger partial charge is 0.241 e. The minimum Gasteiger partial charge on any atom is -0.399 e. The number of nitrogens with two attached hydrogens (primary N) is 1. The SMILES string of the molecule is CC(C(=O)Nc1cc(N)ccc1F)N(C)CCCCCO. The summed E-state index contributed by atoms with van der Waals surface area (Å²) >= 11 is 0. The van der Waals surface area contributed by atoms with Gasteiger partial charge in [0.15, 0.2) is 0 Å². The molecule has 0 fully saturated rings. The lowest BCUT2D eigenvalue weighted by Gasteiger charge is -2.24. The minimum atomic E-state index is -0.504. The number of benzene rings is 1. The molecule has 4 N–H and O–H groups in total. The molecule has 5 nitrogen and oxygen atoms in total. The number of hydrogen-bond acceptors (Lipinski definition) is 4. The van der Waals surface area contributed by atoms with E-state index in [2.05, 4.69) is 5.32 Å². The van der Waals surface area contributed by atoms with E-state index in [4.69, 9.17) is 10.8 Å². The summed E-state index contributed by atoms with van der Waals surface area (Å²) in [5, 5.41) is 11.3. The van der Waals surface area contributed by atoms with Gasteiger partial charge >= 0.3 is 0 Å². The lowest BCUT2D eigenvalue weighted by atomic mass is 10.2. The fraction of sp³-hybridized carbons (Fsp3) is 0.533. The summed E-state index contributed by atoms with van der Waals surface area (Å²) in [6, 6.07) is 3.71. The van der Waals surface area contributed by atoms with Crippen LogP contribution in [-0.4, -0.2) is 42.2 Å². The minimum absolute atomic E-state index is 0.0977. The lowest BCUT2D eigenvalue weighted by Crippen LogP contribution is -2.40. The summed E-state index contributed by atoms with van der Waals surface area (Å²) in [6.45, 7) is 2.70. The Hall–Kier alpha value is -1.66. The summed E-state index contributed by atoms with van der Waals surface area (Å²) in [5.74, 6) is -0.778. The van der Waals surface area contributed by atoms with E-state index in [1.54, 1.807) is 6.92 Å². The van der Waals surface area contributed by atoms with E-state index in [9.17, 15) is 9.18 Å². The van der Waals surface area contributed by atoms with Crippen molar-refractivity contribution in [3.63, 3.8) is 0 Å². The number of nitrogens with zero attached hydrogens (tertiary/aromatic N) is 1. The lowest BCUT2D eigenvalue weighted by molar-refractivity contribution is -0.120. The van der Waals surface area contributed by atoms with Crippen molar-refractivity contribution in [3.8, 4) is 0 Å². The van der Waals surface area contributed by atoms with Gasteiger partial charge in [0.25, 0.3) is 0 Å². The number of likely N-dealkylation sites (N-methyl/N-ethyl adjacent to an activating group) is 1. The van der Waals surface area contributed by atoms with E-state index in [1.165, 1.54) is 18.2 Å². The molecule has 0 aliphatic heterocycles. The molecule has 1 rings (SSSR count). The van der Waals surface area contributed by atoms with E-state index < -0.39 is 5.82 Å². The van der Waals surface area contributed by atoms with Crippen LogP contribution in [-0.2, 0) is 4.79 Å². The Labute approximate surface area is 124 Å². The largest absolute Gasteiger partial charge is 0.399 e. The number of nitrogen functional groups attached to an aromatic ring is 1. The van der Waals surface area contributed by atoms with Crippen molar-refractivity contribution in [2.45, 2.75) is 32.2 Å². The van der Waals surface area contributed by atoms with E-state index in [0.717, 1.165) is 25.8 Å². The van der Waals surface area contributed by atoms with E-state index >= 15 is 0 Å². The monoisotopic (exact) mass is 297 g/mol. The van der Waals surface area contributed by atoms with Gasteiger partial charge in [-0.05, 0) is 58.0 Å². The number of carbonyl (C=O) groups excluding carboxylic acids is 1. The Morgan fingerprint density at radius 2 is 2.14 bits per heavy atom. The van der Waals surface area contributed by atoms with Crippen molar-refractivity contribution in [1.82, 2.24) is 4.90 Å². The van der Waals surface area contributed by atoms with E-state index in [-0.39, 0.29) is 24.2 Å². The maximum absolute atomic E-state index is 13.6. The summed E-state index contributed by atoms with van der Waals surface area (Å²) in [4.78, 5) is 14.0. The molecule has 1 amide bonds. The Balaban J connectivity index is 2.51. The molecule has 0 heterocycles. The van der Waals surface area contributed by atoms with Crippen LogP contribution >= 0.6 is 0 Å². The van der Waals surface area contributed by atoms with Crippen LogP contribution < -0.4 is 11.1 Å². The van der Waals surface area contributed by atoms with Crippen LogP contribution in [0.15, 0.2) is 18.2 Å². The molecule has 0 aromatic heterocycles. The molecule has 0 saturated carbocycles. The van der Waals surface area contributed by atoms with Gasteiger partial charge in [-0.25, -0.2) is 4.39 Å². The number of nitrogens with one attached hydrogen (secondary N) is 1. The fourth-order valence-electron chi connectivity index (χ4n) is 1.92. The predicted molar refractivity (Wildman–Crippen MR) is 82.5 cm³/mol. The second-order valence-corrected chi connectivity index (χ2v) is 5.17. The van der Waals surface area contributed by atoms with Gasteiger partial charge in [-0.1, -0.05) is 0 Å². The highest BCUT2D eigenvalue weighted by molar-refractivity contribution is 5.95. The van der Waals surface area contributed by atoms with Gasteiger partial charge in [0.05, 0.1) is 11.7 Å². The topological polar surface area (TPSA) is 78.6 Å². The molecule has 1 unspecified atom stereocenters. The predicted octanol–water partition coefficient (Wildman–Crippen LogP) is 1.83. The van der Waals surface area contributed by atoms with Crippen molar-refractivity contribution in [1.29, 1.82) is 0 Å². The molecular weight excluding hydrogens is 273 g/mol. The van der Waals surface area contributed by atoms with Crippen LogP contribution in [0.3, 0.4) is 0 Å². The third-order valence-corrected chi connectivity index (χ3v) is 3.46. The standard InChI is InChI=1S/C15H24FN3O2/c1-11(19(2)8-4-3-5-9-20)15(21)18-14-10-12(17)6-7-13(14)16/h6-7,10-11,20H,3-5,8-9,17H2,1-2H3,(H,18,21). The summed E-state index contributed by atoms with van der Waals surface area (Å²) in [7, 11) is 1.85. The molecule has 0 bridgehead atoms. The van der Waals surface area contributed by atoms with Crippen LogP contribution in [0.4, 0.5) is 15.8 Å². The highest BCUT2D eigenvalue weighted by atomic mass is 19.1. The molecule has 1 aromatic carbocycles. The second-order valence-electron chi connectivity index (χ2n) is 5.17. The zero-order valence-corrected chi connectivity index (χ0v) is 12.6. The number of hydrogen-bond donors (Lipinski definition) is 3. The Bertz CT molecular complexity index is 468. The molecular formula is C15H24FN3O2. The average Bonchev–Trinajstić information content (AvgIpc) is 2.46. The molecule has 6 heteroatoms. The number of carbonyl (C=O) groups is 1. The number of halogens is 1. The van der Waals surface area contributed by atoms with Crippen molar-refractivity contribution < 1.29 is 14.3 Å². The summed E-state index contributed by atoms with van der Waals surface area (Å²) in [6.07, 6.45) is 2.59. The first-order valence-electron chi connectivity index (χ1n) is 7.12. The third-order valence-electron chi connectivity index (χ3n) is 3.46. The first-order chi connectivity index (χ1) is 9.95. The maximum Gasteiger partial charge on any atom is 0.241 e. The summed E-state index contributed by atoms with van der Waals surface area (Å²) in [5.41, 5.74) is 6.08. The molecule has 0 radical (unpaired) electrons. The molecule has 0 aliphatic carbocycles. The quantitative estimate of drug-likeness (QED) is 0.505. The van der Waals surface area contributed by atoms with Crippen LogP contribution in [0.25, 0.3) is 0 Å². The van der Waals surface area contributed by atoms with Gasteiger partial charge in [-0.3, -0.25) is 9.69 Å². The number of amides is 1. The second kappa shape index (κ2) is 8.59. The fourth-order valence-corrected chi connectivity index (χ4v) is 1.92. The molecule has 0 spiro atoms. The van der Waals surface area contributed by atoms with Crippen molar-refractivity contribution in [3.05, 3.63) is 24.0 Å². The van der Waals surface area contributed by atoms with Crippen LogP contribution in [0.5, 0.6) is 0 Å². The Morgan fingerprint density at radius 3 is 2.81 bits per heavy atom. The van der Waals surface area contributed by atoms with Crippen molar-refractivity contribution in [2.24, 2.45) is 0 Å². The summed E-state index contributed by atoms with van der Waals surface area (Å²) < 4.78 is 13.6. The molecule has 1 aromatic rings. The van der Waals surface area contributed by atoms with Crippen molar-refractivity contribution in [2.75, 3.05) is 31.2 Å². The van der Waals surface area contributed by atoms with Gasteiger partial charge in [0.2, 0.25) is 5.91 Å². The number of anilines is 2. The van der Waals surface area contributed by atoms with Gasteiger partial charge in [0, 0.05) is 12.3 Å². The zero-order chi connectivity index (χ0) is 15.8. The van der Waals surface area contributed by atoms with E-state index in [0.29, 0.717) is 5.69 Å². The van der Waals surface area contributed by atoms with Crippen LogP contribution in [0.2, 0.25) is 0 Å². The number of rotatable bonds is 8. The highest BCUT2D eigenvalue weighted by Crippen LogP contribution is 2.18. The zero-order valence-electron chi connectivity index (χ0n) is 12.6. The van der Waals surface area contributed by atoms with Crippen molar-refractivity contribution >= 4 is 17.3 Å². The third kappa shape index (κ3) is 5.69. The molecule has 0 aliphatic rings. The van der Waals surface area contributed by atoms with Gasteiger partial charge in [0.1, 0.15) is 5.82 Å². The van der Waals surface area contributed by atoms with Crippen LogP contribution in [0, 0.1) is 5.82 Å². The number of aliphatic hydroxyl groups is 1. The van der Waals surface area contributed by atoms with Crippen LogP contribution in [0.1, 0.15) is 26.2 Å². The number of aliphatic hydroxyl groups excluding tert-OH is 1. The normalized spacial score (nSPS) is 12.4. The first kappa shape index (κ1) is 17.4. The molecule has 1 atom stereocenters. The molecule has 21 heavy (non-hydrogen) atoms. The molecule has 118 valence electrons. The number of unbranched alkanes of at least 4 members (excludes halogenated alkanes) is 2. The van der Waals surface area contributed by atoms with E-state index in [1.807, 2.05) is 11.9 Å². The van der Waals surface area contributed by atoms with Gasteiger partial charge in [-0.15, -0.1) is 0 Å².